The maximum Gasteiger partial charge on any atom is 0.0406 e. The topological polar surface area (TPSA) is 15.3 Å². The zero-order valence-electron chi connectivity index (χ0n) is 12.0. The minimum absolute atomic E-state index is 0.399. The highest BCUT2D eigenvalue weighted by Crippen LogP contribution is 2.20. The molecule has 1 aromatic heterocycles. The third kappa shape index (κ3) is 4.60. The van der Waals surface area contributed by atoms with Crippen LogP contribution in [0.15, 0.2) is 41.8 Å². The van der Waals surface area contributed by atoms with Gasteiger partial charge in [0, 0.05) is 35.6 Å². The molecule has 20 heavy (non-hydrogen) atoms. The van der Waals surface area contributed by atoms with Crippen LogP contribution in [0.4, 0.5) is 0 Å². The first-order valence-corrected chi connectivity index (χ1v) is 8.11. The van der Waals surface area contributed by atoms with Gasteiger partial charge in [-0.15, -0.1) is 11.3 Å². The molecular formula is C16H21ClN2S. The lowest BCUT2D eigenvalue weighted by Gasteiger charge is -2.25. The first-order valence-electron chi connectivity index (χ1n) is 6.85. The average molecular weight is 309 g/mol. The minimum atomic E-state index is 0.399. The van der Waals surface area contributed by atoms with Crippen molar-refractivity contribution in [2.45, 2.75) is 19.5 Å². The zero-order chi connectivity index (χ0) is 14.4. The summed E-state index contributed by atoms with van der Waals surface area (Å²) in [6.45, 7) is 5.20. The van der Waals surface area contributed by atoms with E-state index >= 15 is 0 Å². The van der Waals surface area contributed by atoms with Gasteiger partial charge in [0.2, 0.25) is 0 Å². The molecule has 0 saturated carbocycles. The average Bonchev–Trinajstić information content (AvgIpc) is 2.96. The largest absolute Gasteiger partial charge is 0.311 e. The van der Waals surface area contributed by atoms with Gasteiger partial charge in [0.05, 0.1) is 0 Å². The van der Waals surface area contributed by atoms with E-state index in [0.717, 1.165) is 24.7 Å². The van der Waals surface area contributed by atoms with E-state index in [4.69, 9.17) is 11.6 Å². The van der Waals surface area contributed by atoms with Gasteiger partial charge in [0.1, 0.15) is 0 Å². The van der Waals surface area contributed by atoms with Crippen molar-refractivity contribution in [1.82, 2.24) is 10.2 Å². The van der Waals surface area contributed by atoms with Crippen molar-refractivity contribution in [3.05, 3.63) is 57.2 Å². The third-order valence-electron chi connectivity index (χ3n) is 3.53. The predicted molar refractivity (Wildman–Crippen MR) is 88.5 cm³/mol. The molecule has 0 radical (unpaired) electrons. The van der Waals surface area contributed by atoms with E-state index in [1.807, 2.05) is 12.1 Å². The van der Waals surface area contributed by atoms with Gasteiger partial charge in [-0.2, -0.15) is 0 Å². The fraction of sp³-hybridized carbons (Fsp3) is 0.375. The second-order valence-electron chi connectivity index (χ2n) is 4.96. The van der Waals surface area contributed by atoms with Crippen LogP contribution in [0.2, 0.25) is 5.02 Å². The number of halogens is 1. The number of hydrogen-bond donors (Lipinski definition) is 1. The molecule has 108 valence electrons. The molecule has 2 aromatic rings. The monoisotopic (exact) mass is 308 g/mol. The number of rotatable bonds is 7. The summed E-state index contributed by atoms with van der Waals surface area (Å²) < 4.78 is 0. The Balaban J connectivity index is 1.73. The molecule has 0 saturated heterocycles. The SMILES string of the molecule is CC(c1ccc(Cl)cc1)N(C)CCNCc1cccs1. The van der Waals surface area contributed by atoms with Crippen LogP contribution in [-0.2, 0) is 6.54 Å². The smallest absolute Gasteiger partial charge is 0.0406 e. The van der Waals surface area contributed by atoms with Crippen molar-refractivity contribution < 1.29 is 0 Å². The quantitative estimate of drug-likeness (QED) is 0.772. The molecule has 0 fully saturated rings. The number of likely N-dealkylation sites (N-methyl/N-ethyl adjacent to an activating group) is 1. The maximum atomic E-state index is 5.92. The van der Waals surface area contributed by atoms with E-state index in [1.54, 1.807) is 11.3 Å². The molecule has 0 aliphatic rings. The molecule has 1 heterocycles. The summed E-state index contributed by atoms with van der Waals surface area (Å²) in [4.78, 5) is 3.74. The summed E-state index contributed by atoms with van der Waals surface area (Å²) in [5.74, 6) is 0. The molecule has 4 heteroatoms. The van der Waals surface area contributed by atoms with E-state index in [2.05, 4.69) is 53.8 Å². The Morgan fingerprint density at radius 3 is 2.65 bits per heavy atom. The molecule has 0 aliphatic heterocycles. The van der Waals surface area contributed by atoms with E-state index in [1.165, 1.54) is 10.4 Å². The molecule has 1 N–H and O–H groups in total. The Kier molecular flexibility index (Phi) is 6.05. The van der Waals surface area contributed by atoms with Crippen LogP contribution in [0.1, 0.15) is 23.4 Å². The van der Waals surface area contributed by atoms with Gasteiger partial charge in [-0.25, -0.2) is 0 Å². The van der Waals surface area contributed by atoms with Gasteiger partial charge in [0.15, 0.2) is 0 Å². The second-order valence-corrected chi connectivity index (χ2v) is 6.43. The van der Waals surface area contributed by atoms with E-state index in [9.17, 15) is 0 Å². The van der Waals surface area contributed by atoms with Gasteiger partial charge < -0.3 is 5.32 Å². The Labute approximate surface area is 130 Å². The maximum absolute atomic E-state index is 5.92. The van der Waals surface area contributed by atoms with Gasteiger partial charge in [-0.05, 0) is 43.1 Å². The third-order valence-corrected chi connectivity index (χ3v) is 4.66. The summed E-state index contributed by atoms with van der Waals surface area (Å²) in [5, 5.41) is 6.39. The molecule has 0 spiro atoms. The molecule has 2 rings (SSSR count). The van der Waals surface area contributed by atoms with Crippen LogP contribution >= 0.6 is 22.9 Å². The highest BCUT2D eigenvalue weighted by Gasteiger charge is 2.10. The first-order chi connectivity index (χ1) is 9.66. The highest BCUT2D eigenvalue weighted by molar-refractivity contribution is 7.09. The Morgan fingerprint density at radius 1 is 1.25 bits per heavy atom. The summed E-state index contributed by atoms with van der Waals surface area (Å²) in [5.41, 5.74) is 1.30. The molecule has 0 aliphatic carbocycles. The van der Waals surface area contributed by atoms with Crippen LogP contribution in [0.5, 0.6) is 0 Å². The van der Waals surface area contributed by atoms with Gasteiger partial charge in [-0.1, -0.05) is 29.8 Å². The van der Waals surface area contributed by atoms with Gasteiger partial charge >= 0.3 is 0 Å². The van der Waals surface area contributed by atoms with Crippen molar-refractivity contribution >= 4 is 22.9 Å². The standard InChI is InChI=1S/C16H21ClN2S/c1-13(14-5-7-15(17)8-6-14)19(2)10-9-18-12-16-4-3-11-20-16/h3-8,11,13,18H,9-10,12H2,1-2H3. The number of nitrogens with one attached hydrogen (secondary N) is 1. The second kappa shape index (κ2) is 7.79. The summed E-state index contributed by atoms with van der Waals surface area (Å²) in [6, 6.07) is 12.8. The van der Waals surface area contributed by atoms with Crippen LogP contribution in [-0.4, -0.2) is 25.0 Å². The molecule has 1 atom stereocenters. The minimum Gasteiger partial charge on any atom is -0.311 e. The summed E-state index contributed by atoms with van der Waals surface area (Å²) in [7, 11) is 2.16. The van der Waals surface area contributed by atoms with E-state index < -0.39 is 0 Å². The first kappa shape index (κ1) is 15.5. The molecule has 0 bridgehead atoms. The molecule has 1 unspecified atom stereocenters. The Hall–Kier alpha value is -0.870. The number of thiophene rings is 1. The number of benzene rings is 1. The Morgan fingerprint density at radius 2 is 2.00 bits per heavy atom. The number of hydrogen-bond acceptors (Lipinski definition) is 3. The predicted octanol–water partition coefficient (Wildman–Crippen LogP) is 4.18. The zero-order valence-corrected chi connectivity index (χ0v) is 13.5. The van der Waals surface area contributed by atoms with Crippen molar-refractivity contribution in [3.63, 3.8) is 0 Å². The summed E-state index contributed by atoms with van der Waals surface area (Å²) in [6.07, 6.45) is 0. The normalized spacial score (nSPS) is 12.8. The van der Waals surface area contributed by atoms with E-state index in [-0.39, 0.29) is 0 Å². The Bertz CT molecular complexity index is 496. The van der Waals surface area contributed by atoms with Crippen LogP contribution in [0, 0.1) is 0 Å². The molecule has 1 aromatic carbocycles. The summed E-state index contributed by atoms with van der Waals surface area (Å²) >= 11 is 7.72. The van der Waals surface area contributed by atoms with Crippen molar-refractivity contribution in [2.24, 2.45) is 0 Å². The van der Waals surface area contributed by atoms with Crippen molar-refractivity contribution in [2.75, 3.05) is 20.1 Å². The lowest BCUT2D eigenvalue weighted by atomic mass is 10.1. The van der Waals surface area contributed by atoms with Crippen molar-refractivity contribution in [3.8, 4) is 0 Å². The molecule has 0 amide bonds. The fourth-order valence-electron chi connectivity index (χ4n) is 2.07. The number of nitrogens with zero attached hydrogens (tertiary/aromatic N) is 1. The molecular weight excluding hydrogens is 288 g/mol. The van der Waals surface area contributed by atoms with Crippen LogP contribution < -0.4 is 5.32 Å². The van der Waals surface area contributed by atoms with E-state index in [0.29, 0.717) is 6.04 Å². The van der Waals surface area contributed by atoms with Gasteiger partial charge in [-0.3, -0.25) is 4.90 Å². The molecule has 2 nitrogen and oxygen atoms in total. The van der Waals surface area contributed by atoms with Crippen LogP contribution in [0.3, 0.4) is 0 Å². The van der Waals surface area contributed by atoms with Gasteiger partial charge in [0.25, 0.3) is 0 Å². The lowest BCUT2D eigenvalue weighted by Crippen LogP contribution is -2.30. The van der Waals surface area contributed by atoms with Crippen LogP contribution in [0.25, 0.3) is 0 Å². The van der Waals surface area contributed by atoms with Crippen molar-refractivity contribution in [1.29, 1.82) is 0 Å². The fourth-order valence-corrected chi connectivity index (χ4v) is 2.87. The lowest BCUT2D eigenvalue weighted by molar-refractivity contribution is 0.261. The highest BCUT2D eigenvalue weighted by atomic mass is 35.5.